The minimum Gasteiger partial charge on any atom is -0.408 e. The van der Waals surface area contributed by atoms with E-state index in [1.165, 1.54) is 11.3 Å². The van der Waals surface area contributed by atoms with Crippen LogP contribution in [0, 0.1) is 13.8 Å². The largest absolute Gasteiger partial charge is 0.417 e. The van der Waals surface area contributed by atoms with Gasteiger partial charge in [0.15, 0.2) is 5.58 Å². The molecule has 3 heterocycles. The van der Waals surface area contributed by atoms with Gasteiger partial charge in [-0.3, -0.25) is 4.98 Å². The first-order chi connectivity index (χ1) is 11.1. The maximum atomic E-state index is 11.2. The van der Waals surface area contributed by atoms with Gasteiger partial charge in [0, 0.05) is 11.9 Å². The second-order valence-corrected chi connectivity index (χ2v) is 5.92. The lowest BCUT2D eigenvalue weighted by atomic mass is 10.1. The van der Waals surface area contributed by atoms with Crippen molar-refractivity contribution in [3.8, 4) is 0 Å². The molecule has 23 heavy (non-hydrogen) atoms. The molecule has 0 radical (unpaired) electrons. The standard InChI is InChI=1S/C18H17N3O2/c1-11-7-8-21-12(2)14(19-17(21)9-11)5-3-13-4-6-15-16(10-13)23-18(22)20-15/h4,6-10H,3,5H2,1-2H3,(H,20,22). The average molecular weight is 307 g/mol. The van der Waals surface area contributed by atoms with Gasteiger partial charge in [0.25, 0.3) is 0 Å². The molecule has 4 aromatic rings. The summed E-state index contributed by atoms with van der Waals surface area (Å²) in [6.45, 7) is 4.17. The van der Waals surface area contributed by atoms with Crippen LogP contribution in [0.2, 0.25) is 0 Å². The molecule has 0 amide bonds. The fraction of sp³-hybridized carbons (Fsp3) is 0.222. The Morgan fingerprint density at radius 2 is 2.04 bits per heavy atom. The maximum Gasteiger partial charge on any atom is 0.417 e. The van der Waals surface area contributed by atoms with Gasteiger partial charge in [0.1, 0.15) is 5.65 Å². The molecule has 0 fully saturated rings. The third-order valence-electron chi connectivity index (χ3n) is 4.25. The molecule has 0 saturated carbocycles. The fourth-order valence-corrected chi connectivity index (χ4v) is 2.96. The Hall–Kier alpha value is -2.82. The van der Waals surface area contributed by atoms with Crippen molar-refractivity contribution in [3.05, 3.63) is 69.6 Å². The molecular weight excluding hydrogens is 290 g/mol. The van der Waals surface area contributed by atoms with Crippen molar-refractivity contribution in [1.82, 2.24) is 14.4 Å². The molecule has 1 aromatic carbocycles. The number of aromatic nitrogens is 3. The Morgan fingerprint density at radius 1 is 1.17 bits per heavy atom. The van der Waals surface area contributed by atoms with Gasteiger partial charge in [-0.05, 0) is 62.1 Å². The number of fused-ring (bicyclic) bond motifs is 2. The van der Waals surface area contributed by atoms with Crippen molar-refractivity contribution in [2.45, 2.75) is 26.7 Å². The van der Waals surface area contributed by atoms with Crippen LogP contribution in [0.25, 0.3) is 16.7 Å². The summed E-state index contributed by atoms with van der Waals surface area (Å²) in [4.78, 5) is 18.6. The quantitative estimate of drug-likeness (QED) is 0.632. The van der Waals surface area contributed by atoms with E-state index < -0.39 is 5.76 Å². The Bertz CT molecular complexity index is 1070. The first kappa shape index (κ1) is 13.8. The van der Waals surface area contributed by atoms with Crippen LogP contribution in [0.3, 0.4) is 0 Å². The normalized spacial score (nSPS) is 11.6. The lowest BCUT2D eigenvalue weighted by molar-refractivity contribution is 0.555. The highest BCUT2D eigenvalue weighted by molar-refractivity contribution is 5.72. The molecule has 0 spiro atoms. The zero-order chi connectivity index (χ0) is 16.0. The van der Waals surface area contributed by atoms with Gasteiger partial charge in [0.05, 0.1) is 11.2 Å². The van der Waals surface area contributed by atoms with Crippen molar-refractivity contribution in [2.75, 3.05) is 0 Å². The van der Waals surface area contributed by atoms with Crippen LogP contribution in [0.5, 0.6) is 0 Å². The zero-order valence-electron chi connectivity index (χ0n) is 13.1. The molecule has 116 valence electrons. The average Bonchev–Trinajstić information content (AvgIpc) is 3.03. The van der Waals surface area contributed by atoms with Crippen molar-refractivity contribution in [2.24, 2.45) is 0 Å². The van der Waals surface area contributed by atoms with Gasteiger partial charge in [0.2, 0.25) is 0 Å². The van der Waals surface area contributed by atoms with E-state index in [1.807, 2.05) is 18.2 Å². The van der Waals surface area contributed by atoms with E-state index in [2.05, 4.69) is 41.6 Å². The van der Waals surface area contributed by atoms with Gasteiger partial charge in [-0.1, -0.05) is 6.07 Å². The number of H-pyrrole nitrogens is 1. The Morgan fingerprint density at radius 3 is 2.91 bits per heavy atom. The fourth-order valence-electron chi connectivity index (χ4n) is 2.96. The van der Waals surface area contributed by atoms with Crippen molar-refractivity contribution in [3.63, 3.8) is 0 Å². The van der Waals surface area contributed by atoms with E-state index in [9.17, 15) is 4.79 Å². The number of hydrogen-bond acceptors (Lipinski definition) is 3. The van der Waals surface area contributed by atoms with Crippen LogP contribution in [0.4, 0.5) is 0 Å². The molecule has 4 rings (SSSR count). The summed E-state index contributed by atoms with van der Waals surface area (Å²) in [7, 11) is 0. The van der Waals surface area contributed by atoms with Gasteiger partial charge in [-0.25, -0.2) is 9.78 Å². The molecule has 5 nitrogen and oxygen atoms in total. The predicted octanol–water partition coefficient (Wildman–Crippen LogP) is 3.17. The molecule has 0 aliphatic heterocycles. The summed E-state index contributed by atoms with van der Waals surface area (Å²) in [5.74, 6) is -0.413. The number of aromatic amines is 1. The van der Waals surface area contributed by atoms with Gasteiger partial charge < -0.3 is 8.82 Å². The lowest BCUT2D eigenvalue weighted by Crippen LogP contribution is -1.94. The number of oxazole rings is 1. The molecule has 1 N–H and O–H groups in total. The molecule has 0 atom stereocenters. The predicted molar refractivity (Wildman–Crippen MR) is 88.9 cm³/mol. The lowest BCUT2D eigenvalue weighted by Gasteiger charge is -2.01. The van der Waals surface area contributed by atoms with Crippen LogP contribution in [-0.2, 0) is 12.8 Å². The maximum absolute atomic E-state index is 11.2. The molecular formula is C18H17N3O2. The molecule has 0 saturated heterocycles. The van der Waals surface area contributed by atoms with Gasteiger partial charge >= 0.3 is 5.76 Å². The monoisotopic (exact) mass is 307 g/mol. The topological polar surface area (TPSA) is 63.3 Å². The minimum atomic E-state index is -0.413. The second kappa shape index (κ2) is 5.12. The second-order valence-electron chi connectivity index (χ2n) is 5.92. The molecule has 0 aliphatic rings. The van der Waals surface area contributed by atoms with E-state index >= 15 is 0 Å². The third kappa shape index (κ3) is 2.44. The highest BCUT2D eigenvalue weighted by atomic mass is 16.4. The summed E-state index contributed by atoms with van der Waals surface area (Å²) >= 11 is 0. The summed E-state index contributed by atoms with van der Waals surface area (Å²) in [5.41, 5.74) is 6.95. The number of rotatable bonds is 3. The molecule has 0 unspecified atom stereocenters. The van der Waals surface area contributed by atoms with Crippen LogP contribution in [-0.4, -0.2) is 14.4 Å². The van der Waals surface area contributed by atoms with E-state index in [1.54, 1.807) is 0 Å². The smallest absolute Gasteiger partial charge is 0.408 e. The molecule has 5 heteroatoms. The van der Waals surface area contributed by atoms with Crippen molar-refractivity contribution < 1.29 is 4.42 Å². The van der Waals surface area contributed by atoms with E-state index in [-0.39, 0.29) is 0 Å². The van der Waals surface area contributed by atoms with Crippen molar-refractivity contribution in [1.29, 1.82) is 0 Å². The summed E-state index contributed by atoms with van der Waals surface area (Å²) in [6, 6.07) is 10.0. The highest BCUT2D eigenvalue weighted by Crippen LogP contribution is 2.17. The minimum absolute atomic E-state index is 0.413. The first-order valence-corrected chi connectivity index (χ1v) is 7.66. The Balaban J connectivity index is 1.62. The van der Waals surface area contributed by atoms with Crippen LogP contribution in [0.15, 0.2) is 45.7 Å². The zero-order valence-corrected chi connectivity index (χ0v) is 13.1. The number of aryl methyl sites for hydroxylation is 4. The number of nitrogens with zero attached hydrogens (tertiary/aromatic N) is 2. The van der Waals surface area contributed by atoms with E-state index in [0.29, 0.717) is 5.58 Å². The highest BCUT2D eigenvalue weighted by Gasteiger charge is 2.09. The number of benzene rings is 1. The Kier molecular flexibility index (Phi) is 3.08. The molecule has 0 aliphatic carbocycles. The summed E-state index contributed by atoms with van der Waals surface area (Å²) in [5, 5.41) is 0. The summed E-state index contributed by atoms with van der Waals surface area (Å²) < 4.78 is 7.24. The van der Waals surface area contributed by atoms with E-state index in [0.717, 1.165) is 35.3 Å². The van der Waals surface area contributed by atoms with Crippen LogP contribution in [0.1, 0.15) is 22.5 Å². The number of nitrogens with one attached hydrogen (secondary N) is 1. The van der Waals surface area contributed by atoms with Crippen molar-refractivity contribution >= 4 is 16.7 Å². The SMILES string of the molecule is Cc1ccn2c(C)c(CCc3ccc4[nH]c(=O)oc4c3)nc2c1. The van der Waals surface area contributed by atoms with Crippen LogP contribution >= 0.6 is 0 Å². The van der Waals surface area contributed by atoms with Gasteiger partial charge in [-0.2, -0.15) is 0 Å². The first-order valence-electron chi connectivity index (χ1n) is 7.66. The number of pyridine rings is 1. The van der Waals surface area contributed by atoms with Crippen LogP contribution < -0.4 is 5.76 Å². The molecule has 0 bridgehead atoms. The Labute approximate surface area is 132 Å². The summed E-state index contributed by atoms with van der Waals surface area (Å²) in [6.07, 6.45) is 3.78. The number of hydrogen-bond donors (Lipinski definition) is 1. The van der Waals surface area contributed by atoms with E-state index in [4.69, 9.17) is 9.40 Å². The van der Waals surface area contributed by atoms with Gasteiger partial charge in [-0.15, -0.1) is 0 Å². The molecule has 3 aromatic heterocycles. The third-order valence-corrected chi connectivity index (χ3v) is 4.25. The number of imidazole rings is 1.